The summed E-state index contributed by atoms with van der Waals surface area (Å²) in [5, 5.41) is 20.6. The lowest BCUT2D eigenvalue weighted by Gasteiger charge is -2.41. The number of nitro benzene ring substituents is 1. The van der Waals surface area contributed by atoms with Crippen LogP contribution in [-0.4, -0.2) is 16.0 Å². The molecule has 1 aliphatic carbocycles. The van der Waals surface area contributed by atoms with E-state index in [9.17, 15) is 14.9 Å². The highest BCUT2D eigenvalue weighted by atomic mass is 16.6. The van der Waals surface area contributed by atoms with Crippen molar-refractivity contribution in [3.63, 3.8) is 0 Å². The second-order valence-corrected chi connectivity index (χ2v) is 8.68. The first-order chi connectivity index (χ1) is 13.0. The molecule has 2 aromatic rings. The van der Waals surface area contributed by atoms with Crippen LogP contribution in [0, 0.1) is 10.1 Å². The number of fused-ring (bicyclic) bond motifs is 1. The molecule has 0 saturated heterocycles. The zero-order valence-electron chi connectivity index (χ0n) is 16.6. The molecule has 0 saturated carbocycles. The Morgan fingerprint density at radius 3 is 2.11 bits per heavy atom. The number of ether oxygens (including phenoxy) is 1. The van der Waals surface area contributed by atoms with E-state index in [0.29, 0.717) is 0 Å². The van der Waals surface area contributed by atoms with Crippen LogP contribution in [0.3, 0.4) is 0 Å². The molecule has 0 fully saturated rings. The van der Waals surface area contributed by atoms with Crippen molar-refractivity contribution in [1.82, 2.24) is 0 Å². The third-order valence-electron chi connectivity index (χ3n) is 5.72. The molecule has 0 aliphatic heterocycles. The molecule has 0 bridgehead atoms. The highest BCUT2D eigenvalue weighted by molar-refractivity contribution is 5.87. The zero-order chi connectivity index (χ0) is 20.7. The normalized spacial score (nSPS) is 16.9. The fourth-order valence-electron chi connectivity index (χ4n) is 3.75. The Morgan fingerprint density at radius 1 is 1.07 bits per heavy atom. The Balaban J connectivity index is 1.96. The Bertz CT molecular complexity index is 929. The van der Waals surface area contributed by atoms with Crippen molar-refractivity contribution < 1.29 is 19.6 Å². The number of carboxylic acids is 1. The highest BCUT2D eigenvalue weighted by Gasteiger charge is 2.39. The first-order valence-corrected chi connectivity index (χ1v) is 9.30. The van der Waals surface area contributed by atoms with Gasteiger partial charge in [0.2, 0.25) is 0 Å². The van der Waals surface area contributed by atoms with Crippen LogP contribution < -0.4 is 4.74 Å². The topological polar surface area (TPSA) is 89.7 Å². The molecule has 0 radical (unpaired) electrons. The number of benzene rings is 2. The molecular formula is C22H25NO5. The SMILES string of the molecule is CC1(C)CCC(C)(C)c2cc([N+](=O)[O-])c(OCc3ccc(C(=O)O)cc3)cc21. The zero-order valence-corrected chi connectivity index (χ0v) is 16.6. The van der Waals surface area contributed by atoms with E-state index in [1.54, 1.807) is 18.2 Å². The quantitative estimate of drug-likeness (QED) is 0.565. The van der Waals surface area contributed by atoms with Crippen LogP contribution in [0.4, 0.5) is 5.69 Å². The largest absolute Gasteiger partial charge is 0.482 e. The molecule has 1 N–H and O–H groups in total. The van der Waals surface area contributed by atoms with Crippen molar-refractivity contribution in [3.8, 4) is 5.75 Å². The van der Waals surface area contributed by atoms with Crippen LogP contribution in [0.5, 0.6) is 5.75 Å². The lowest BCUT2D eigenvalue weighted by Crippen LogP contribution is -2.34. The maximum absolute atomic E-state index is 11.7. The van der Waals surface area contributed by atoms with Gasteiger partial charge in [-0.1, -0.05) is 39.8 Å². The average molecular weight is 383 g/mol. The fourth-order valence-corrected chi connectivity index (χ4v) is 3.75. The Hall–Kier alpha value is -2.89. The van der Waals surface area contributed by atoms with Crippen molar-refractivity contribution in [2.45, 2.75) is 58.0 Å². The second kappa shape index (κ2) is 6.93. The molecule has 6 nitrogen and oxygen atoms in total. The number of nitro groups is 1. The van der Waals surface area contributed by atoms with Crippen LogP contribution in [0.15, 0.2) is 36.4 Å². The van der Waals surface area contributed by atoms with Gasteiger partial charge in [0.05, 0.1) is 10.5 Å². The maximum atomic E-state index is 11.7. The summed E-state index contributed by atoms with van der Waals surface area (Å²) in [6.45, 7) is 8.68. The van der Waals surface area contributed by atoms with E-state index in [-0.39, 0.29) is 34.4 Å². The number of rotatable bonds is 5. The van der Waals surface area contributed by atoms with Gasteiger partial charge in [0.1, 0.15) is 6.61 Å². The molecule has 0 atom stereocenters. The summed E-state index contributed by atoms with van der Waals surface area (Å²) in [6, 6.07) is 9.78. The van der Waals surface area contributed by atoms with Gasteiger partial charge in [0.15, 0.2) is 5.75 Å². The lowest BCUT2D eigenvalue weighted by molar-refractivity contribution is -0.386. The van der Waals surface area contributed by atoms with Gasteiger partial charge in [-0.15, -0.1) is 0 Å². The number of carboxylic acid groups (broad SMARTS) is 1. The van der Waals surface area contributed by atoms with Crippen molar-refractivity contribution in [2.24, 2.45) is 0 Å². The Kier molecular flexibility index (Phi) is 4.91. The van der Waals surface area contributed by atoms with Gasteiger partial charge in [-0.3, -0.25) is 10.1 Å². The molecule has 28 heavy (non-hydrogen) atoms. The lowest BCUT2D eigenvalue weighted by atomic mass is 9.63. The van der Waals surface area contributed by atoms with E-state index in [4.69, 9.17) is 9.84 Å². The van der Waals surface area contributed by atoms with Crippen LogP contribution in [0.25, 0.3) is 0 Å². The first kappa shape index (κ1) is 19.9. The number of hydrogen-bond acceptors (Lipinski definition) is 4. The monoisotopic (exact) mass is 383 g/mol. The minimum atomic E-state index is -0.998. The molecule has 0 spiro atoms. The average Bonchev–Trinajstić information content (AvgIpc) is 2.63. The van der Waals surface area contributed by atoms with Gasteiger partial charge in [0, 0.05) is 6.07 Å². The predicted molar refractivity (Wildman–Crippen MR) is 106 cm³/mol. The van der Waals surface area contributed by atoms with Crippen LogP contribution in [0.1, 0.15) is 67.6 Å². The standard InChI is InChI=1S/C22H25NO5/c1-21(2)9-10-22(3,4)17-12-19(18(23(26)27)11-16(17)21)28-13-14-5-7-15(8-6-14)20(24)25/h5-8,11-12H,9-10,13H2,1-4H3,(H,24,25). The highest BCUT2D eigenvalue weighted by Crippen LogP contribution is 2.49. The number of aromatic carboxylic acids is 1. The van der Waals surface area contributed by atoms with E-state index >= 15 is 0 Å². The van der Waals surface area contributed by atoms with Crippen molar-refractivity contribution in [2.75, 3.05) is 0 Å². The minimum absolute atomic E-state index is 0.0355. The van der Waals surface area contributed by atoms with Crippen LogP contribution in [0.2, 0.25) is 0 Å². The summed E-state index contributed by atoms with van der Waals surface area (Å²) >= 11 is 0. The summed E-state index contributed by atoms with van der Waals surface area (Å²) in [5.41, 5.74) is 2.79. The molecule has 0 aromatic heterocycles. The fraction of sp³-hybridized carbons (Fsp3) is 0.409. The molecular weight excluding hydrogens is 358 g/mol. The van der Waals surface area contributed by atoms with Gasteiger partial charge in [-0.2, -0.15) is 0 Å². The molecule has 6 heteroatoms. The van der Waals surface area contributed by atoms with Crippen LogP contribution in [-0.2, 0) is 17.4 Å². The summed E-state index contributed by atoms with van der Waals surface area (Å²) in [6.07, 6.45) is 1.97. The summed E-state index contributed by atoms with van der Waals surface area (Å²) in [5.74, 6) is -0.750. The number of nitrogens with zero attached hydrogens (tertiary/aromatic N) is 1. The van der Waals surface area contributed by atoms with Crippen LogP contribution >= 0.6 is 0 Å². The molecule has 0 unspecified atom stereocenters. The molecule has 0 amide bonds. The van der Waals surface area contributed by atoms with E-state index in [1.807, 2.05) is 6.07 Å². The summed E-state index contributed by atoms with van der Waals surface area (Å²) < 4.78 is 5.82. The number of carbonyl (C=O) groups is 1. The van der Waals surface area contributed by atoms with Crippen molar-refractivity contribution in [3.05, 3.63) is 68.8 Å². The molecule has 3 rings (SSSR count). The second-order valence-electron chi connectivity index (χ2n) is 8.68. The van der Waals surface area contributed by atoms with Crippen molar-refractivity contribution >= 4 is 11.7 Å². The van der Waals surface area contributed by atoms with Gasteiger partial charge in [-0.25, -0.2) is 4.79 Å². The first-order valence-electron chi connectivity index (χ1n) is 9.30. The van der Waals surface area contributed by atoms with Crippen molar-refractivity contribution in [1.29, 1.82) is 0 Å². The smallest absolute Gasteiger partial charge is 0.335 e. The van der Waals surface area contributed by atoms with Gasteiger partial charge in [0.25, 0.3) is 0 Å². The maximum Gasteiger partial charge on any atom is 0.335 e. The molecule has 0 heterocycles. The minimum Gasteiger partial charge on any atom is -0.482 e. The number of hydrogen-bond donors (Lipinski definition) is 1. The Morgan fingerprint density at radius 2 is 1.61 bits per heavy atom. The van der Waals surface area contributed by atoms with Gasteiger partial charge in [-0.05, 0) is 58.6 Å². The molecule has 2 aromatic carbocycles. The Labute approximate surface area is 164 Å². The van der Waals surface area contributed by atoms with E-state index in [2.05, 4.69) is 27.7 Å². The van der Waals surface area contributed by atoms with E-state index in [1.165, 1.54) is 12.1 Å². The summed E-state index contributed by atoms with van der Waals surface area (Å²) in [4.78, 5) is 22.2. The third-order valence-corrected chi connectivity index (χ3v) is 5.72. The predicted octanol–water partition coefficient (Wildman–Crippen LogP) is 5.22. The molecule has 1 aliphatic rings. The third kappa shape index (κ3) is 3.72. The van der Waals surface area contributed by atoms with E-state index < -0.39 is 10.9 Å². The van der Waals surface area contributed by atoms with Gasteiger partial charge < -0.3 is 9.84 Å². The summed E-state index contributed by atoms with van der Waals surface area (Å²) in [7, 11) is 0. The molecule has 148 valence electrons. The van der Waals surface area contributed by atoms with Gasteiger partial charge >= 0.3 is 11.7 Å². The van der Waals surface area contributed by atoms with E-state index in [0.717, 1.165) is 29.5 Å².